The molecule has 0 aliphatic rings. The number of phenols is 1. The van der Waals surface area contributed by atoms with Gasteiger partial charge in [-0.25, -0.2) is 9.97 Å². The number of aromatic hydroxyl groups is 1. The molecule has 118 valence electrons. The molecule has 0 atom stereocenters. The molecule has 6 nitrogen and oxygen atoms in total. The molecule has 0 unspecified atom stereocenters. The third-order valence-corrected chi connectivity index (χ3v) is 4.08. The van der Waals surface area contributed by atoms with Gasteiger partial charge in [0.25, 0.3) is 0 Å². The van der Waals surface area contributed by atoms with Crippen molar-refractivity contribution < 1.29 is 14.6 Å². The fourth-order valence-corrected chi connectivity index (χ4v) is 2.93. The fourth-order valence-electron chi connectivity index (χ4n) is 2.37. The summed E-state index contributed by atoms with van der Waals surface area (Å²) >= 11 is 3.44. The lowest BCUT2D eigenvalue weighted by atomic mass is 10.1. The van der Waals surface area contributed by atoms with Crippen LogP contribution in [0.1, 0.15) is 0 Å². The van der Waals surface area contributed by atoms with Crippen LogP contribution in [0.3, 0.4) is 0 Å². The minimum absolute atomic E-state index is 0.152. The first-order chi connectivity index (χ1) is 11.0. The van der Waals surface area contributed by atoms with E-state index in [1.54, 1.807) is 38.5 Å². The van der Waals surface area contributed by atoms with Gasteiger partial charge in [0.05, 0.1) is 25.4 Å². The van der Waals surface area contributed by atoms with Gasteiger partial charge >= 0.3 is 0 Å². The van der Waals surface area contributed by atoms with Crippen molar-refractivity contribution in [3.63, 3.8) is 0 Å². The highest BCUT2D eigenvalue weighted by Crippen LogP contribution is 2.38. The number of halogens is 1. The van der Waals surface area contributed by atoms with E-state index in [-0.39, 0.29) is 11.7 Å². The number of hydrogen-bond donors (Lipinski definition) is 2. The number of benzene rings is 2. The maximum absolute atomic E-state index is 9.58. The third kappa shape index (κ3) is 2.75. The molecule has 7 heteroatoms. The van der Waals surface area contributed by atoms with E-state index in [0.29, 0.717) is 27.2 Å². The molecule has 1 aromatic heterocycles. The highest BCUT2D eigenvalue weighted by atomic mass is 79.9. The molecular weight excluding hydrogens is 362 g/mol. The van der Waals surface area contributed by atoms with Gasteiger partial charge in [-0.1, -0.05) is 0 Å². The lowest BCUT2D eigenvalue weighted by molar-refractivity contribution is 0.356. The Kier molecular flexibility index (Phi) is 3.96. The Morgan fingerprint density at radius 3 is 2.39 bits per heavy atom. The largest absolute Gasteiger partial charge is 0.508 e. The van der Waals surface area contributed by atoms with Crippen LogP contribution in [0.25, 0.3) is 22.2 Å². The standard InChI is InChI=1S/C16H14BrN3O3/c1-22-13-6-10-12(7-14(13)23-2)19-16(18)20-15(10)9-4-3-8(21)5-11(9)17/h3-7,21H,1-2H3,(H2,18,19,20). The van der Waals surface area contributed by atoms with Crippen LogP contribution < -0.4 is 15.2 Å². The third-order valence-electron chi connectivity index (χ3n) is 3.43. The van der Waals surface area contributed by atoms with E-state index in [4.69, 9.17) is 15.2 Å². The smallest absolute Gasteiger partial charge is 0.221 e. The van der Waals surface area contributed by atoms with Crippen LogP contribution in [-0.2, 0) is 0 Å². The molecule has 2 aromatic carbocycles. The van der Waals surface area contributed by atoms with E-state index in [2.05, 4.69) is 25.9 Å². The molecule has 0 spiro atoms. The van der Waals surface area contributed by atoms with E-state index < -0.39 is 0 Å². The highest BCUT2D eigenvalue weighted by Gasteiger charge is 2.15. The number of aromatic nitrogens is 2. The van der Waals surface area contributed by atoms with Gasteiger partial charge in [0.15, 0.2) is 11.5 Å². The molecule has 0 fully saturated rings. The molecule has 0 saturated carbocycles. The number of ether oxygens (including phenoxy) is 2. The molecule has 23 heavy (non-hydrogen) atoms. The molecule has 0 bridgehead atoms. The quantitative estimate of drug-likeness (QED) is 0.729. The van der Waals surface area contributed by atoms with Crippen molar-refractivity contribution in [2.24, 2.45) is 0 Å². The number of anilines is 1. The monoisotopic (exact) mass is 375 g/mol. The van der Waals surface area contributed by atoms with Crippen LogP contribution in [0.15, 0.2) is 34.8 Å². The summed E-state index contributed by atoms with van der Waals surface area (Å²) in [5.41, 5.74) is 7.91. The van der Waals surface area contributed by atoms with Crippen molar-refractivity contribution in [3.8, 4) is 28.5 Å². The topological polar surface area (TPSA) is 90.5 Å². The summed E-state index contributed by atoms with van der Waals surface area (Å²) in [7, 11) is 3.13. The van der Waals surface area contributed by atoms with E-state index in [1.807, 2.05) is 6.07 Å². The minimum atomic E-state index is 0.152. The van der Waals surface area contributed by atoms with Gasteiger partial charge in [0.2, 0.25) is 5.95 Å². The summed E-state index contributed by atoms with van der Waals surface area (Å²) in [4.78, 5) is 8.61. The fraction of sp³-hybridized carbons (Fsp3) is 0.125. The summed E-state index contributed by atoms with van der Waals surface area (Å²) in [6, 6.07) is 8.51. The lowest BCUT2D eigenvalue weighted by Crippen LogP contribution is -2.00. The number of nitrogens with two attached hydrogens (primary N) is 1. The Morgan fingerprint density at radius 2 is 1.74 bits per heavy atom. The number of fused-ring (bicyclic) bond motifs is 1. The van der Waals surface area contributed by atoms with E-state index in [0.717, 1.165) is 10.9 Å². The lowest BCUT2D eigenvalue weighted by Gasteiger charge is -2.12. The highest BCUT2D eigenvalue weighted by molar-refractivity contribution is 9.10. The maximum Gasteiger partial charge on any atom is 0.221 e. The van der Waals surface area contributed by atoms with Gasteiger partial charge in [0, 0.05) is 21.5 Å². The van der Waals surface area contributed by atoms with Crippen LogP contribution in [0.2, 0.25) is 0 Å². The van der Waals surface area contributed by atoms with Crippen molar-refractivity contribution in [2.75, 3.05) is 20.0 Å². The number of nitrogens with zero attached hydrogens (tertiary/aromatic N) is 2. The van der Waals surface area contributed by atoms with Gasteiger partial charge in [-0.05, 0) is 40.2 Å². The van der Waals surface area contributed by atoms with Crippen LogP contribution >= 0.6 is 15.9 Å². The summed E-state index contributed by atoms with van der Waals surface area (Å²) in [6.45, 7) is 0. The second kappa shape index (κ2) is 5.92. The number of methoxy groups -OCH3 is 2. The number of nitrogen functional groups attached to an aromatic ring is 1. The second-order valence-electron chi connectivity index (χ2n) is 4.82. The average molecular weight is 376 g/mol. The molecule has 0 radical (unpaired) electrons. The number of rotatable bonds is 3. The van der Waals surface area contributed by atoms with Gasteiger partial charge in [-0.3, -0.25) is 0 Å². The zero-order valence-electron chi connectivity index (χ0n) is 12.5. The summed E-state index contributed by atoms with van der Waals surface area (Å²) in [5, 5.41) is 10.3. The number of hydrogen-bond acceptors (Lipinski definition) is 6. The molecule has 3 N–H and O–H groups in total. The SMILES string of the molecule is COc1cc2nc(N)nc(-c3ccc(O)cc3Br)c2cc1OC. The first kappa shape index (κ1) is 15.4. The van der Waals surface area contributed by atoms with Crippen molar-refractivity contribution >= 4 is 32.8 Å². The normalized spacial score (nSPS) is 10.7. The van der Waals surface area contributed by atoms with Gasteiger partial charge in [0.1, 0.15) is 5.75 Å². The Balaban J connectivity index is 2.35. The Morgan fingerprint density at radius 1 is 1.04 bits per heavy atom. The van der Waals surface area contributed by atoms with Crippen LogP contribution in [0.5, 0.6) is 17.2 Å². The van der Waals surface area contributed by atoms with Crippen LogP contribution in [-0.4, -0.2) is 29.3 Å². The molecule has 0 amide bonds. The van der Waals surface area contributed by atoms with Crippen LogP contribution in [0, 0.1) is 0 Å². The average Bonchev–Trinajstić information content (AvgIpc) is 2.53. The molecule has 0 aliphatic heterocycles. The minimum Gasteiger partial charge on any atom is -0.508 e. The van der Waals surface area contributed by atoms with Crippen molar-refractivity contribution in [1.29, 1.82) is 0 Å². The van der Waals surface area contributed by atoms with E-state index >= 15 is 0 Å². The second-order valence-corrected chi connectivity index (χ2v) is 5.67. The van der Waals surface area contributed by atoms with Gasteiger partial charge < -0.3 is 20.3 Å². The maximum atomic E-state index is 9.58. The zero-order chi connectivity index (χ0) is 16.6. The van der Waals surface area contributed by atoms with E-state index in [9.17, 15) is 5.11 Å². The zero-order valence-corrected chi connectivity index (χ0v) is 14.1. The van der Waals surface area contributed by atoms with Gasteiger partial charge in [-0.2, -0.15) is 0 Å². The van der Waals surface area contributed by atoms with E-state index in [1.165, 1.54) is 0 Å². The predicted octanol–water partition coefficient (Wildman–Crippen LogP) is 3.36. The molecule has 0 saturated heterocycles. The summed E-state index contributed by atoms with van der Waals surface area (Å²) in [6.07, 6.45) is 0. The Bertz CT molecular complexity index is 899. The molecule has 3 rings (SSSR count). The Labute approximate surface area is 141 Å². The molecule has 1 heterocycles. The molecular formula is C16H14BrN3O3. The predicted molar refractivity (Wildman–Crippen MR) is 91.9 cm³/mol. The van der Waals surface area contributed by atoms with Crippen LogP contribution in [0.4, 0.5) is 5.95 Å². The van der Waals surface area contributed by atoms with Crippen molar-refractivity contribution in [1.82, 2.24) is 9.97 Å². The molecule has 3 aromatic rings. The van der Waals surface area contributed by atoms with Crippen molar-refractivity contribution in [2.45, 2.75) is 0 Å². The molecule has 0 aliphatic carbocycles. The summed E-state index contributed by atoms with van der Waals surface area (Å²) < 4.78 is 11.4. The van der Waals surface area contributed by atoms with Crippen molar-refractivity contribution in [3.05, 3.63) is 34.8 Å². The number of phenolic OH excluding ortho intramolecular Hbond substituents is 1. The first-order valence-corrected chi connectivity index (χ1v) is 7.51. The summed E-state index contributed by atoms with van der Waals surface area (Å²) in [5.74, 6) is 1.45. The first-order valence-electron chi connectivity index (χ1n) is 6.71. The Hall–Kier alpha value is -2.54. The van der Waals surface area contributed by atoms with Gasteiger partial charge in [-0.15, -0.1) is 0 Å².